The molecule has 94 valence electrons. The van der Waals surface area contributed by atoms with Gasteiger partial charge in [0.15, 0.2) is 17.8 Å². The molecule has 1 heterocycles. The zero-order valence-electron chi connectivity index (χ0n) is 10.1. The molecule has 0 saturated heterocycles. The van der Waals surface area contributed by atoms with Crippen molar-refractivity contribution in [1.29, 1.82) is 0 Å². The summed E-state index contributed by atoms with van der Waals surface area (Å²) >= 11 is -1.44. The third-order valence-corrected chi connectivity index (χ3v) is 3.61. The minimum absolute atomic E-state index is 0.154. The van der Waals surface area contributed by atoms with Crippen molar-refractivity contribution >= 4 is 17.8 Å². The van der Waals surface area contributed by atoms with Crippen LogP contribution in [0.3, 0.4) is 0 Å². The van der Waals surface area contributed by atoms with E-state index in [2.05, 4.69) is 4.98 Å². The molecule has 0 saturated carbocycles. The molecule has 2 aromatic rings. The zero-order valence-corrected chi connectivity index (χ0v) is 10.9. The van der Waals surface area contributed by atoms with E-state index in [-0.39, 0.29) is 5.82 Å². The van der Waals surface area contributed by atoms with Crippen LogP contribution in [0.1, 0.15) is 10.6 Å². The smallest absolute Gasteiger partial charge is 0.221 e. The van der Waals surface area contributed by atoms with Gasteiger partial charge in [-0.25, -0.2) is 4.98 Å². The molecule has 0 spiro atoms. The van der Waals surface area contributed by atoms with Crippen molar-refractivity contribution in [2.24, 2.45) is 0 Å². The molecule has 6 heteroatoms. The largest absolute Gasteiger partial charge is 0.573 e. The lowest BCUT2D eigenvalue weighted by Crippen LogP contribution is -2.29. The Balaban J connectivity index is 2.44. The highest BCUT2D eigenvalue weighted by molar-refractivity contribution is 7.87. The van der Waals surface area contributed by atoms with Crippen molar-refractivity contribution in [2.75, 3.05) is 14.1 Å². The molecule has 0 aliphatic heterocycles. The Morgan fingerprint density at radius 2 is 2.00 bits per heavy atom. The quantitative estimate of drug-likeness (QED) is 0.617. The highest BCUT2D eigenvalue weighted by Crippen LogP contribution is 2.19. The van der Waals surface area contributed by atoms with Crippen molar-refractivity contribution in [2.45, 2.75) is 0 Å². The second-order valence-electron chi connectivity index (χ2n) is 3.84. The van der Waals surface area contributed by atoms with Crippen LogP contribution in [0.25, 0.3) is 11.3 Å². The number of carbonyl (C=O) groups excluding carboxylic acids is 1. The summed E-state index contributed by atoms with van der Waals surface area (Å²) in [5, 5.41) is 0. The fourth-order valence-electron chi connectivity index (χ4n) is 1.51. The lowest BCUT2D eigenvalue weighted by atomic mass is 10.2. The molecule has 18 heavy (non-hydrogen) atoms. The number of aromatic nitrogens is 2. The van der Waals surface area contributed by atoms with E-state index in [1.807, 2.05) is 30.3 Å². The minimum atomic E-state index is -1.44. The highest BCUT2D eigenvalue weighted by Gasteiger charge is 2.20. The van der Waals surface area contributed by atoms with Gasteiger partial charge in [-0.2, -0.15) is 0 Å². The molecule has 0 fully saturated rings. The third-order valence-electron chi connectivity index (χ3n) is 2.36. The molecule has 5 nitrogen and oxygen atoms in total. The maximum absolute atomic E-state index is 12.0. The van der Waals surface area contributed by atoms with Crippen LogP contribution < -0.4 is 0 Å². The average Bonchev–Trinajstić information content (AvgIpc) is 2.82. The number of rotatable bonds is 4. The van der Waals surface area contributed by atoms with Crippen molar-refractivity contribution in [3.8, 4) is 11.3 Å². The molecule has 1 aromatic heterocycles. The van der Waals surface area contributed by atoms with Crippen molar-refractivity contribution in [1.82, 2.24) is 13.3 Å². The summed E-state index contributed by atoms with van der Waals surface area (Å²) in [7, 11) is 3.35. The Morgan fingerprint density at radius 1 is 1.33 bits per heavy atom. The Hall–Kier alpha value is -1.63. The first kappa shape index (κ1) is 12.8. The second kappa shape index (κ2) is 5.34. The van der Waals surface area contributed by atoms with Crippen LogP contribution in [0.5, 0.6) is 0 Å². The summed E-state index contributed by atoms with van der Waals surface area (Å²) in [6, 6.07) is 9.45. The van der Waals surface area contributed by atoms with Crippen molar-refractivity contribution in [3.05, 3.63) is 42.4 Å². The lowest BCUT2D eigenvalue weighted by molar-refractivity contribution is 0.111. The van der Waals surface area contributed by atoms with E-state index in [1.54, 1.807) is 20.3 Å². The standard InChI is InChI=1S/C12H13N3O2S/c1-14(2)18(17)15-8-11(13-12(15)9-16)10-6-4-3-5-7-10/h3-9H,1-2H3. The van der Waals surface area contributed by atoms with Crippen LogP contribution >= 0.6 is 0 Å². The molecule has 2 rings (SSSR count). The molecule has 0 radical (unpaired) electrons. The number of imidazole rings is 1. The molecule has 1 unspecified atom stereocenters. The maximum atomic E-state index is 12.0. The van der Waals surface area contributed by atoms with Gasteiger partial charge < -0.3 is 4.55 Å². The molecular formula is C12H13N3O2S. The van der Waals surface area contributed by atoms with Crippen LogP contribution in [0.4, 0.5) is 0 Å². The van der Waals surface area contributed by atoms with Gasteiger partial charge in [-0.15, -0.1) is 8.28 Å². The predicted octanol–water partition coefficient (Wildman–Crippen LogP) is 1.35. The van der Waals surface area contributed by atoms with Crippen LogP contribution in [-0.2, 0) is 11.5 Å². The van der Waals surface area contributed by atoms with E-state index in [0.717, 1.165) is 5.56 Å². The van der Waals surface area contributed by atoms with E-state index >= 15 is 0 Å². The summed E-state index contributed by atoms with van der Waals surface area (Å²) in [5.74, 6) is 0.154. The first-order valence-corrected chi connectivity index (χ1v) is 6.39. The molecule has 0 aliphatic rings. The SMILES string of the molecule is CN(C)[S+]([O-])n1cc(-c2ccccc2)nc1C=O. The predicted molar refractivity (Wildman–Crippen MR) is 70.3 cm³/mol. The van der Waals surface area contributed by atoms with Crippen LogP contribution in [0.2, 0.25) is 0 Å². The van der Waals surface area contributed by atoms with Gasteiger partial charge in [-0.1, -0.05) is 30.3 Å². The Bertz CT molecular complexity index is 540. The van der Waals surface area contributed by atoms with E-state index in [4.69, 9.17) is 0 Å². The fourth-order valence-corrected chi connectivity index (χ4v) is 2.29. The normalized spacial score (nSPS) is 12.7. The Labute approximate surface area is 109 Å². The van der Waals surface area contributed by atoms with Crippen molar-refractivity contribution in [3.63, 3.8) is 0 Å². The van der Waals surface area contributed by atoms with Crippen LogP contribution in [-0.4, -0.2) is 38.2 Å². The average molecular weight is 263 g/mol. The number of benzene rings is 1. The van der Waals surface area contributed by atoms with E-state index in [0.29, 0.717) is 12.0 Å². The molecule has 1 atom stereocenters. The molecule has 0 amide bonds. The Kier molecular flexibility index (Phi) is 3.81. The highest BCUT2D eigenvalue weighted by atomic mass is 32.2. The second-order valence-corrected chi connectivity index (χ2v) is 5.42. The topological polar surface area (TPSA) is 61.2 Å². The van der Waals surface area contributed by atoms with Gasteiger partial charge in [0, 0.05) is 19.7 Å². The van der Waals surface area contributed by atoms with E-state index < -0.39 is 11.5 Å². The monoisotopic (exact) mass is 263 g/mol. The first-order valence-electron chi connectivity index (χ1n) is 5.33. The number of aldehydes is 1. The zero-order chi connectivity index (χ0) is 13.1. The number of carbonyl (C=O) groups is 1. The van der Waals surface area contributed by atoms with Crippen molar-refractivity contribution < 1.29 is 9.35 Å². The van der Waals surface area contributed by atoms with Gasteiger partial charge in [-0.3, -0.25) is 4.79 Å². The van der Waals surface area contributed by atoms with Gasteiger partial charge in [0.1, 0.15) is 0 Å². The maximum Gasteiger partial charge on any atom is 0.221 e. The Morgan fingerprint density at radius 3 is 2.56 bits per heavy atom. The molecule has 0 bridgehead atoms. The lowest BCUT2D eigenvalue weighted by Gasteiger charge is -2.14. The summed E-state index contributed by atoms with van der Waals surface area (Å²) in [6.45, 7) is 0. The van der Waals surface area contributed by atoms with Gasteiger partial charge in [0.05, 0.1) is 11.9 Å². The molecule has 0 N–H and O–H groups in total. The molecule has 1 aromatic carbocycles. The van der Waals surface area contributed by atoms with Gasteiger partial charge in [-0.05, 0) is 0 Å². The fraction of sp³-hybridized carbons (Fsp3) is 0.167. The van der Waals surface area contributed by atoms with Crippen LogP contribution in [0, 0.1) is 0 Å². The van der Waals surface area contributed by atoms with Gasteiger partial charge in [0.25, 0.3) is 0 Å². The van der Waals surface area contributed by atoms with Gasteiger partial charge >= 0.3 is 0 Å². The number of hydrogen-bond acceptors (Lipinski definition) is 4. The van der Waals surface area contributed by atoms with E-state index in [1.165, 1.54) is 8.28 Å². The summed E-state index contributed by atoms with van der Waals surface area (Å²) in [4.78, 5) is 15.1. The number of hydrogen-bond donors (Lipinski definition) is 0. The number of nitrogens with zero attached hydrogens (tertiary/aromatic N) is 3. The molecule has 0 aliphatic carbocycles. The minimum Gasteiger partial charge on any atom is -0.573 e. The van der Waals surface area contributed by atoms with E-state index in [9.17, 15) is 9.35 Å². The first-order chi connectivity index (χ1) is 8.63. The third kappa shape index (κ3) is 2.45. The molecular weight excluding hydrogens is 250 g/mol. The van der Waals surface area contributed by atoms with Crippen LogP contribution in [0.15, 0.2) is 36.5 Å². The summed E-state index contributed by atoms with van der Waals surface area (Å²) in [6.07, 6.45) is 2.23. The summed E-state index contributed by atoms with van der Waals surface area (Å²) in [5.41, 5.74) is 1.52. The van der Waals surface area contributed by atoms with Gasteiger partial charge in [0.2, 0.25) is 5.82 Å². The summed E-state index contributed by atoms with van der Waals surface area (Å²) < 4.78 is 14.8.